The third-order valence-electron chi connectivity index (χ3n) is 5.83. The van der Waals surface area contributed by atoms with Crippen molar-refractivity contribution in [3.8, 4) is 0 Å². The number of nitrogens with zero attached hydrogens (tertiary/aromatic N) is 2. The van der Waals surface area contributed by atoms with Crippen LogP contribution < -0.4 is 20.3 Å². The van der Waals surface area contributed by atoms with Crippen LogP contribution in [0.15, 0.2) is 59.5 Å². The number of piperazine rings is 1. The molecular weight excluding hydrogens is 544 g/mol. The first-order valence-corrected chi connectivity index (χ1v) is 13.7. The van der Waals surface area contributed by atoms with Crippen LogP contribution in [0.3, 0.4) is 0 Å². The number of carbonyl (C=O) groups excluding carboxylic acids is 3. The summed E-state index contributed by atoms with van der Waals surface area (Å²) in [5, 5.41) is 22.1. The van der Waals surface area contributed by atoms with Gasteiger partial charge in [-0.2, -0.15) is 4.72 Å². The van der Waals surface area contributed by atoms with Crippen LogP contribution in [0.25, 0.3) is 0 Å². The Hall–Kier alpha value is -4.50. The second-order valence-corrected chi connectivity index (χ2v) is 10.3. The number of nitrogens with one attached hydrogen (secondary N) is 4. The highest BCUT2D eigenvalue weighted by Crippen LogP contribution is 2.18. The van der Waals surface area contributed by atoms with Gasteiger partial charge in [-0.25, -0.2) is 13.2 Å². The number of hydrogen-bond donors (Lipinski definition) is 5. The summed E-state index contributed by atoms with van der Waals surface area (Å²) in [5.74, 6) is -2.57. The average Bonchev–Trinajstić information content (AvgIpc) is 2.92. The van der Waals surface area contributed by atoms with Gasteiger partial charge < -0.3 is 25.0 Å². The molecule has 214 valence electrons. The van der Waals surface area contributed by atoms with E-state index in [1.54, 1.807) is 42.2 Å². The maximum absolute atomic E-state index is 12.7. The van der Waals surface area contributed by atoms with E-state index < -0.39 is 40.6 Å². The van der Waals surface area contributed by atoms with Crippen LogP contribution in [0.2, 0.25) is 0 Å². The fourth-order valence-corrected chi connectivity index (χ4v) is 4.97. The molecule has 0 unspecified atom stereocenters. The molecule has 2 aromatic rings. The molecule has 1 fully saturated rings. The van der Waals surface area contributed by atoms with E-state index in [0.29, 0.717) is 17.8 Å². The van der Waals surface area contributed by atoms with E-state index in [1.807, 2.05) is 0 Å². The van der Waals surface area contributed by atoms with E-state index in [1.165, 1.54) is 29.2 Å². The summed E-state index contributed by atoms with van der Waals surface area (Å²) >= 11 is 0. The molecule has 0 radical (unpaired) electrons. The maximum Gasteiger partial charge on any atom is 0.412 e. The molecule has 3 rings (SSSR count). The molecule has 1 saturated heterocycles. The Labute approximate surface area is 230 Å². The Morgan fingerprint density at radius 2 is 1.75 bits per heavy atom. The fraction of sp³-hybridized carbons (Fsp3) is 0.320. The maximum atomic E-state index is 12.7. The number of carbonyl (C=O) groups is 4. The largest absolute Gasteiger partial charge is 0.480 e. The molecule has 0 aromatic heterocycles. The predicted octanol–water partition coefficient (Wildman–Crippen LogP) is -0.0454. The van der Waals surface area contributed by atoms with E-state index in [0.717, 1.165) is 0 Å². The number of benzene rings is 2. The van der Waals surface area contributed by atoms with Crippen LogP contribution in [0.1, 0.15) is 12.5 Å². The Morgan fingerprint density at radius 3 is 2.35 bits per heavy atom. The van der Waals surface area contributed by atoms with Gasteiger partial charge in [0.25, 0.3) is 0 Å². The van der Waals surface area contributed by atoms with Crippen molar-refractivity contribution in [3.05, 3.63) is 60.2 Å². The minimum atomic E-state index is -4.12. The first-order chi connectivity index (χ1) is 19.0. The summed E-state index contributed by atoms with van der Waals surface area (Å²) in [5.41, 5.74) is 1.16. The molecule has 0 bridgehead atoms. The number of anilines is 1. The summed E-state index contributed by atoms with van der Waals surface area (Å²) in [4.78, 5) is 51.2. The normalized spacial score (nSPS) is 14.3. The van der Waals surface area contributed by atoms with E-state index in [9.17, 15) is 32.7 Å². The molecule has 14 nitrogen and oxygen atoms in total. The van der Waals surface area contributed by atoms with Crippen molar-refractivity contribution in [2.24, 2.45) is 0 Å². The number of hydrogen-bond acceptors (Lipinski definition) is 9. The summed E-state index contributed by atoms with van der Waals surface area (Å²) in [7, 11) is -4.12. The Kier molecular flexibility index (Phi) is 10.2. The first-order valence-electron chi connectivity index (χ1n) is 12.2. The molecular formula is C25H30N6O8S. The monoisotopic (exact) mass is 574 g/mol. The van der Waals surface area contributed by atoms with Gasteiger partial charge in [-0.3, -0.25) is 25.1 Å². The quantitative estimate of drug-likeness (QED) is 0.180. The zero-order chi connectivity index (χ0) is 29.3. The number of alkyl carbamates (subject to hydrolysis) is 1. The van der Waals surface area contributed by atoms with Gasteiger partial charge >= 0.3 is 12.1 Å². The predicted molar refractivity (Wildman–Crippen MR) is 143 cm³/mol. The minimum Gasteiger partial charge on any atom is -0.480 e. The number of ether oxygens (including phenoxy) is 1. The van der Waals surface area contributed by atoms with Crippen LogP contribution >= 0.6 is 0 Å². The van der Waals surface area contributed by atoms with Crippen LogP contribution in [0.4, 0.5) is 10.5 Å². The molecule has 1 atom stereocenters. The highest BCUT2D eigenvalue weighted by Gasteiger charge is 2.28. The molecule has 1 heterocycles. The van der Waals surface area contributed by atoms with Crippen LogP contribution in [-0.4, -0.2) is 93.5 Å². The van der Waals surface area contributed by atoms with E-state index >= 15 is 0 Å². The molecule has 40 heavy (non-hydrogen) atoms. The third kappa shape index (κ3) is 8.25. The van der Waals surface area contributed by atoms with Gasteiger partial charge in [0.1, 0.15) is 11.9 Å². The van der Waals surface area contributed by atoms with Gasteiger partial charge in [0, 0.05) is 30.9 Å². The highest BCUT2D eigenvalue weighted by molar-refractivity contribution is 7.89. The Bertz CT molecular complexity index is 1350. The first kappa shape index (κ1) is 30.0. The third-order valence-corrected chi connectivity index (χ3v) is 7.32. The number of aliphatic carboxylic acids is 1. The lowest BCUT2D eigenvalue weighted by atomic mass is 10.1. The number of amidine groups is 1. The van der Waals surface area contributed by atoms with E-state index in [4.69, 9.17) is 10.1 Å². The molecule has 0 aliphatic carbocycles. The molecule has 0 saturated carbocycles. The van der Waals surface area contributed by atoms with Gasteiger partial charge in [-0.15, -0.1) is 0 Å². The van der Waals surface area contributed by atoms with Gasteiger partial charge in [-0.05, 0) is 43.3 Å². The molecule has 0 spiro atoms. The van der Waals surface area contributed by atoms with Gasteiger partial charge in [-0.1, -0.05) is 18.2 Å². The summed E-state index contributed by atoms with van der Waals surface area (Å²) in [6, 6.07) is 12.3. The molecule has 1 aliphatic heterocycles. The molecule has 2 aromatic carbocycles. The summed E-state index contributed by atoms with van der Waals surface area (Å²) in [6.45, 7) is 1.61. The van der Waals surface area contributed by atoms with Gasteiger partial charge in [0.05, 0.1) is 24.6 Å². The number of carboxylic acid groups (broad SMARTS) is 1. The van der Waals surface area contributed by atoms with Crippen molar-refractivity contribution >= 4 is 45.4 Å². The minimum absolute atomic E-state index is 0.0141. The zero-order valence-corrected chi connectivity index (χ0v) is 22.4. The number of rotatable bonds is 11. The Morgan fingerprint density at radius 1 is 1.07 bits per heavy atom. The van der Waals surface area contributed by atoms with Crippen LogP contribution in [-0.2, 0) is 29.1 Å². The van der Waals surface area contributed by atoms with Crippen molar-refractivity contribution in [2.75, 3.05) is 44.2 Å². The number of carboxylic acids is 1. The summed E-state index contributed by atoms with van der Waals surface area (Å²) in [6.07, 6.45) is -0.728. The summed E-state index contributed by atoms with van der Waals surface area (Å²) < 4.78 is 31.7. The van der Waals surface area contributed by atoms with Gasteiger partial charge in [0.2, 0.25) is 21.8 Å². The number of sulfonamides is 1. The Balaban J connectivity index is 1.49. The molecule has 1 aliphatic rings. The molecule has 3 amide bonds. The van der Waals surface area contributed by atoms with Crippen molar-refractivity contribution < 1.29 is 37.4 Å². The van der Waals surface area contributed by atoms with Crippen molar-refractivity contribution in [3.63, 3.8) is 0 Å². The van der Waals surface area contributed by atoms with Crippen molar-refractivity contribution in [1.29, 1.82) is 5.41 Å². The topological polar surface area (TPSA) is 198 Å². The smallest absolute Gasteiger partial charge is 0.412 e. The van der Waals surface area contributed by atoms with Crippen molar-refractivity contribution in [1.82, 2.24) is 20.3 Å². The van der Waals surface area contributed by atoms with E-state index in [2.05, 4.69) is 15.4 Å². The highest BCUT2D eigenvalue weighted by atomic mass is 32.2. The van der Waals surface area contributed by atoms with E-state index in [-0.39, 0.29) is 42.9 Å². The van der Waals surface area contributed by atoms with Gasteiger partial charge in [0.15, 0.2) is 0 Å². The SMILES string of the molecule is CCOC(=O)NC(=N)c1ccc(N2CCN(CC(=O)NC[C@H](NS(=O)(=O)c3ccccc3)C(=O)O)C(=O)C2)cc1. The molecule has 15 heteroatoms. The average molecular weight is 575 g/mol. The lowest BCUT2D eigenvalue weighted by molar-refractivity contribution is -0.139. The van der Waals surface area contributed by atoms with Crippen molar-refractivity contribution in [2.45, 2.75) is 17.9 Å². The second-order valence-electron chi connectivity index (χ2n) is 8.63. The number of amides is 3. The lowest BCUT2D eigenvalue weighted by Crippen LogP contribution is -2.54. The van der Waals surface area contributed by atoms with Crippen LogP contribution in [0, 0.1) is 5.41 Å². The van der Waals surface area contributed by atoms with Crippen LogP contribution in [0.5, 0.6) is 0 Å². The molecule has 5 N–H and O–H groups in total. The second kappa shape index (κ2) is 13.5. The standard InChI is InChI=1S/C25H30N6O8S/c1-2-39-25(36)28-23(26)17-8-10-18(11-9-17)30-12-13-31(22(33)16-30)15-21(32)27-14-20(24(34)35)29-40(37,38)19-6-4-3-5-7-19/h3-11,20,29H,2,12-16H2,1H3,(H,27,32)(H,34,35)(H2,26,28,36)/t20-/m0/s1. The lowest BCUT2D eigenvalue weighted by Gasteiger charge is -2.35. The zero-order valence-electron chi connectivity index (χ0n) is 21.6. The fourth-order valence-electron chi connectivity index (χ4n) is 3.76.